The molecule has 1 unspecified atom stereocenters. The van der Waals surface area contributed by atoms with Crippen molar-refractivity contribution in [1.29, 1.82) is 0 Å². The number of carbonyl (C=O) groups excluding carboxylic acids is 2. The third-order valence-electron chi connectivity index (χ3n) is 5.84. The lowest BCUT2D eigenvalue weighted by Crippen LogP contribution is -2.12. The first-order chi connectivity index (χ1) is 13.8. The zero-order chi connectivity index (χ0) is 20.9. The van der Waals surface area contributed by atoms with Crippen LogP contribution in [0.4, 0.5) is 4.39 Å². The highest BCUT2D eigenvalue weighted by Gasteiger charge is 2.28. The molecule has 1 aliphatic rings. The van der Waals surface area contributed by atoms with Crippen LogP contribution in [0, 0.1) is 37.4 Å². The van der Waals surface area contributed by atoms with Gasteiger partial charge in [-0.2, -0.15) is 0 Å². The highest BCUT2D eigenvalue weighted by Crippen LogP contribution is 2.39. The molecule has 0 fully saturated rings. The molecule has 1 aliphatic carbocycles. The molecule has 1 atom stereocenters. The van der Waals surface area contributed by atoms with E-state index in [9.17, 15) is 9.59 Å². The second kappa shape index (κ2) is 6.89. The number of rotatable bonds is 3. The van der Waals surface area contributed by atoms with Crippen molar-refractivity contribution in [3.63, 3.8) is 0 Å². The number of fused-ring (bicyclic) bond motifs is 2. The molecule has 0 radical (unpaired) electrons. The summed E-state index contributed by atoms with van der Waals surface area (Å²) in [6.45, 7) is 5.44. The highest BCUT2D eigenvalue weighted by molar-refractivity contribution is 6.10. The first-order valence-corrected chi connectivity index (χ1v) is 9.51. The molecule has 29 heavy (non-hydrogen) atoms. The fourth-order valence-electron chi connectivity index (χ4n) is 4.28. The smallest absolute Gasteiger partial charge is 0.250 e. The van der Waals surface area contributed by atoms with E-state index >= 15 is 4.39 Å². The number of Topliss-reactive ketones (excluding diaryl/α,β-unsaturated/α-hetero) is 1. The van der Waals surface area contributed by atoms with Crippen molar-refractivity contribution in [2.45, 2.75) is 33.6 Å². The maximum absolute atomic E-state index is 15.2. The van der Waals surface area contributed by atoms with Crippen LogP contribution in [0.2, 0.25) is 0 Å². The lowest BCUT2D eigenvalue weighted by Gasteiger charge is -2.11. The number of H-pyrrole nitrogens is 1. The fraction of sp³-hybridized carbons (Fsp3) is 0.250. The van der Waals surface area contributed by atoms with E-state index in [-0.39, 0.29) is 17.3 Å². The van der Waals surface area contributed by atoms with Crippen LogP contribution in [0.3, 0.4) is 0 Å². The van der Waals surface area contributed by atoms with Gasteiger partial charge in [0.15, 0.2) is 0 Å². The average Bonchev–Trinajstić information content (AvgIpc) is 3.23. The molecule has 1 amide bonds. The Morgan fingerprint density at radius 2 is 1.90 bits per heavy atom. The zero-order valence-electron chi connectivity index (χ0n) is 16.6. The topological polar surface area (TPSA) is 76.0 Å². The third-order valence-corrected chi connectivity index (χ3v) is 5.84. The minimum absolute atomic E-state index is 0.0539. The van der Waals surface area contributed by atoms with E-state index in [1.165, 1.54) is 6.07 Å². The largest absolute Gasteiger partial charge is 0.366 e. The quantitative estimate of drug-likeness (QED) is 0.526. The van der Waals surface area contributed by atoms with Crippen molar-refractivity contribution in [2.24, 2.45) is 11.7 Å². The first-order valence-electron chi connectivity index (χ1n) is 9.51. The van der Waals surface area contributed by atoms with E-state index < -0.39 is 11.7 Å². The van der Waals surface area contributed by atoms with E-state index in [4.69, 9.17) is 5.73 Å². The number of halogens is 1. The van der Waals surface area contributed by atoms with E-state index in [1.807, 2.05) is 32.0 Å². The third kappa shape index (κ3) is 3.01. The number of benzene rings is 2. The van der Waals surface area contributed by atoms with E-state index in [0.717, 1.165) is 27.9 Å². The van der Waals surface area contributed by atoms with Crippen LogP contribution in [0.5, 0.6) is 0 Å². The van der Waals surface area contributed by atoms with Crippen LogP contribution in [-0.2, 0) is 17.6 Å². The van der Waals surface area contributed by atoms with Crippen molar-refractivity contribution in [3.8, 4) is 23.0 Å². The Morgan fingerprint density at radius 1 is 1.17 bits per heavy atom. The number of hydrogen-bond acceptors (Lipinski definition) is 2. The second-order valence-corrected chi connectivity index (χ2v) is 7.60. The SMILES string of the molecule is CC#CC(=O)C1Cc2ccc(-c3c(F)cc(C(N)=O)c4[nH]c(C)c(C)c34)cc2C1. The van der Waals surface area contributed by atoms with Gasteiger partial charge in [0, 0.05) is 22.6 Å². The molecule has 4 nitrogen and oxygen atoms in total. The standard InChI is InChI=1S/C24H21FN2O2/c1-4-5-20(28)17-8-14-6-7-15(9-16(14)10-17)22-19(25)11-18(24(26)29)23-21(22)12(2)13(3)27-23/h6-7,9,11,17,27H,8,10H2,1-3H3,(H2,26,29). The normalized spacial score (nSPS) is 15.1. The molecular formula is C24H21FN2O2. The van der Waals surface area contributed by atoms with Gasteiger partial charge in [-0.25, -0.2) is 4.39 Å². The molecule has 4 rings (SSSR count). The van der Waals surface area contributed by atoms with Crippen molar-refractivity contribution in [1.82, 2.24) is 4.98 Å². The van der Waals surface area contributed by atoms with Crippen molar-refractivity contribution in [3.05, 3.63) is 58.0 Å². The highest BCUT2D eigenvalue weighted by atomic mass is 19.1. The molecule has 1 heterocycles. The van der Waals surface area contributed by atoms with Crippen LogP contribution in [-0.4, -0.2) is 16.7 Å². The van der Waals surface area contributed by atoms with Gasteiger partial charge < -0.3 is 10.7 Å². The Balaban J connectivity index is 1.88. The molecule has 146 valence electrons. The lowest BCUT2D eigenvalue weighted by molar-refractivity contribution is -0.117. The van der Waals surface area contributed by atoms with Gasteiger partial charge in [0.2, 0.25) is 5.78 Å². The number of ketones is 1. The first kappa shape index (κ1) is 18.9. The van der Waals surface area contributed by atoms with E-state index in [0.29, 0.717) is 29.3 Å². The summed E-state index contributed by atoms with van der Waals surface area (Å²) in [6.07, 6.45) is 1.26. The number of amides is 1. The summed E-state index contributed by atoms with van der Waals surface area (Å²) in [6, 6.07) is 6.98. The van der Waals surface area contributed by atoms with Gasteiger partial charge in [-0.15, -0.1) is 0 Å². The second-order valence-electron chi connectivity index (χ2n) is 7.60. The number of aryl methyl sites for hydroxylation is 2. The van der Waals surface area contributed by atoms with Gasteiger partial charge in [-0.3, -0.25) is 9.59 Å². The molecule has 0 aliphatic heterocycles. The predicted octanol–water partition coefficient (Wildman–Crippen LogP) is 4.00. The minimum atomic E-state index is -0.672. The molecule has 0 bridgehead atoms. The maximum Gasteiger partial charge on any atom is 0.250 e. The maximum atomic E-state index is 15.2. The monoisotopic (exact) mass is 388 g/mol. The number of nitrogens with one attached hydrogen (secondary N) is 1. The van der Waals surface area contributed by atoms with Gasteiger partial charge >= 0.3 is 0 Å². The van der Waals surface area contributed by atoms with Crippen molar-refractivity contribution in [2.75, 3.05) is 0 Å². The Hall–Kier alpha value is -3.39. The summed E-state index contributed by atoms with van der Waals surface area (Å²) in [5.74, 6) is 3.94. The number of aromatic amines is 1. The zero-order valence-corrected chi connectivity index (χ0v) is 16.6. The molecule has 0 spiro atoms. The molecule has 1 aromatic heterocycles. The Morgan fingerprint density at radius 3 is 2.59 bits per heavy atom. The van der Waals surface area contributed by atoms with Gasteiger partial charge in [0.1, 0.15) is 5.82 Å². The van der Waals surface area contributed by atoms with Crippen LogP contribution in [0.25, 0.3) is 22.0 Å². The predicted molar refractivity (Wildman–Crippen MR) is 111 cm³/mol. The Kier molecular flexibility index (Phi) is 4.50. The van der Waals surface area contributed by atoms with Crippen LogP contribution in [0.1, 0.15) is 39.7 Å². The van der Waals surface area contributed by atoms with E-state index in [1.54, 1.807) is 6.92 Å². The number of hydrogen-bond donors (Lipinski definition) is 2. The molecule has 3 N–H and O–H groups in total. The minimum Gasteiger partial charge on any atom is -0.366 e. The van der Waals surface area contributed by atoms with Gasteiger partial charge in [0.25, 0.3) is 5.91 Å². The molecule has 0 saturated heterocycles. The fourth-order valence-corrected chi connectivity index (χ4v) is 4.28. The Bertz CT molecular complexity index is 1260. The van der Waals surface area contributed by atoms with Crippen LogP contribution < -0.4 is 5.73 Å². The number of nitrogens with two attached hydrogens (primary N) is 1. The van der Waals surface area contributed by atoms with Crippen molar-refractivity contribution >= 4 is 22.6 Å². The molecule has 5 heteroatoms. The van der Waals surface area contributed by atoms with Gasteiger partial charge in [-0.05, 0) is 67.9 Å². The van der Waals surface area contributed by atoms with Crippen LogP contribution >= 0.6 is 0 Å². The molecule has 2 aromatic carbocycles. The number of aromatic nitrogens is 1. The summed E-state index contributed by atoms with van der Waals surface area (Å²) in [4.78, 5) is 27.2. The average molecular weight is 388 g/mol. The summed E-state index contributed by atoms with van der Waals surface area (Å²) in [7, 11) is 0. The molecule has 3 aromatic rings. The Labute approximate surface area is 168 Å². The van der Waals surface area contributed by atoms with Crippen molar-refractivity contribution < 1.29 is 14.0 Å². The summed E-state index contributed by atoms with van der Waals surface area (Å²) >= 11 is 0. The van der Waals surface area contributed by atoms with Gasteiger partial charge in [-0.1, -0.05) is 24.1 Å². The van der Waals surface area contributed by atoms with Crippen LogP contribution in [0.15, 0.2) is 24.3 Å². The molecule has 0 saturated carbocycles. The summed E-state index contributed by atoms with van der Waals surface area (Å²) in [5, 5.41) is 0.665. The lowest BCUT2D eigenvalue weighted by atomic mass is 9.93. The van der Waals surface area contributed by atoms with E-state index in [2.05, 4.69) is 16.8 Å². The molecular weight excluding hydrogens is 367 g/mol. The number of carbonyl (C=O) groups is 2. The summed E-state index contributed by atoms with van der Waals surface area (Å²) < 4.78 is 15.2. The van der Waals surface area contributed by atoms with Gasteiger partial charge in [0.05, 0.1) is 11.1 Å². The number of primary amides is 1. The summed E-state index contributed by atoms with van der Waals surface area (Å²) in [5.41, 5.74) is 11.2.